The SMILES string of the molecule is O=C(O)CC(F)(F)C(=O)O.O=C(O)c1ccc(S(=O)(=O)c2ccc(Cl)cc2)cc1C(=O)O. The first-order chi connectivity index (χ1) is 14.6. The largest absolute Gasteiger partial charge is 0.481 e. The number of sulfone groups is 1. The van der Waals surface area contributed by atoms with Crippen LogP contribution in [-0.4, -0.2) is 58.6 Å². The first-order valence-corrected chi connectivity index (χ1v) is 9.90. The van der Waals surface area contributed by atoms with E-state index in [1.807, 2.05) is 0 Å². The van der Waals surface area contributed by atoms with Crippen LogP contribution in [0.4, 0.5) is 8.78 Å². The highest BCUT2D eigenvalue weighted by Gasteiger charge is 2.41. The Bertz CT molecular complexity index is 1160. The van der Waals surface area contributed by atoms with E-state index in [0.717, 1.165) is 18.2 Å². The van der Waals surface area contributed by atoms with Crippen molar-refractivity contribution in [2.75, 3.05) is 0 Å². The molecular formula is C18H13ClF2O10S. The molecule has 0 bridgehead atoms. The summed E-state index contributed by atoms with van der Waals surface area (Å²) in [5.41, 5.74) is -1.08. The van der Waals surface area contributed by atoms with Crippen LogP contribution in [0.5, 0.6) is 0 Å². The normalized spacial score (nSPS) is 11.1. The molecule has 0 unspecified atom stereocenters. The van der Waals surface area contributed by atoms with Gasteiger partial charge in [-0.05, 0) is 42.5 Å². The van der Waals surface area contributed by atoms with Gasteiger partial charge in [0.15, 0.2) is 0 Å². The maximum atomic E-state index is 12.4. The number of aromatic carboxylic acids is 2. The summed E-state index contributed by atoms with van der Waals surface area (Å²) in [6.07, 6.45) is -1.68. The number of carboxylic acid groups (broad SMARTS) is 4. The van der Waals surface area contributed by atoms with Crippen LogP contribution < -0.4 is 0 Å². The van der Waals surface area contributed by atoms with Crippen molar-refractivity contribution in [1.29, 1.82) is 0 Å². The molecule has 0 aliphatic rings. The summed E-state index contributed by atoms with van der Waals surface area (Å²) in [5.74, 6) is -11.4. The highest BCUT2D eigenvalue weighted by Crippen LogP contribution is 2.25. The van der Waals surface area contributed by atoms with Crippen LogP contribution >= 0.6 is 11.6 Å². The zero-order valence-electron chi connectivity index (χ0n) is 15.5. The molecule has 14 heteroatoms. The molecule has 0 spiro atoms. The monoisotopic (exact) mass is 494 g/mol. The first-order valence-electron chi connectivity index (χ1n) is 8.04. The van der Waals surface area contributed by atoms with Crippen LogP contribution in [-0.2, 0) is 19.4 Å². The average Bonchev–Trinajstić information content (AvgIpc) is 2.67. The van der Waals surface area contributed by atoms with Crippen molar-refractivity contribution in [1.82, 2.24) is 0 Å². The van der Waals surface area contributed by atoms with Crippen LogP contribution in [0, 0.1) is 0 Å². The van der Waals surface area contributed by atoms with E-state index < -0.39 is 57.2 Å². The molecule has 0 saturated carbocycles. The number of halogens is 3. The highest BCUT2D eigenvalue weighted by molar-refractivity contribution is 7.91. The van der Waals surface area contributed by atoms with Crippen LogP contribution in [0.3, 0.4) is 0 Å². The number of hydrogen-bond acceptors (Lipinski definition) is 6. The fourth-order valence-corrected chi connectivity index (χ4v) is 3.48. The van der Waals surface area contributed by atoms with Crippen LogP contribution in [0.25, 0.3) is 0 Å². The Morgan fingerprint density at radius 2 is 1.28 bits per heavy atom. The van der Waals surface area contributed by atoms with E-state index in [1.54, 1.807) is 0 Å². The molecule has 0 amide bonds. The lowest BCUT2D eigenvalue weighted by Crippen LogP contribution is -2.30. The van der Waals surface area contributed by atoms with Crippen LogP contribution in [0.15, 0.2) is 52.3 Å². The molecule has 0 fully saturated rings. The molecule has 0 aromatic heterocycles. The topological polar surface area (TPSA) is 183 Å². The Morgan fingerprint density at radius 3 is 1.66 bits per heavy atom. The highest BCUT2D eigenvalue weighted by atomic mass is 35.5. The van der Waals surface area contributed by atoms with E-state index in [-0.39, 0.29) is 9.79 Å². The first kappa shape index (κ1) is 26.5. The molecule has 4 N–H and O–H groups in total. The maximum absolute atomic E-state index is 12.4. The molecule has 32 heavy (non-hydrogen) atoms. The third-order valence-corrected chi connectivity index (χ3v) is 5.59. The fraction of sp³-hybridized carbons (Fsp3) is 0.111. The number of aliphatic carboxylic acids is 2. The minimum atomic E-state index is -4.16. The van der Waals surface area contributed by atoms with E-state index >= 15 is 0 Å². The Hall–Kier alpha value is -3.58. The summed E-state index contributed by atoms with van der Waals surface area (Å²) in [7, 11) is -3.97. The second kappa shape index (κ2) is 10.2. The van der Waals surface area contributed by atoms with E-state index in [1.165, 1.54) is 24.3 Å². The van der Waals surface area contributed by atoms with Crippen molar-refractivity contribution >= 4 is 45.3 Å². The van der Waals surface area contributed by atoms with Gasteiger partial charge >= 0.3 is 29.8 Å². The Labute approximate surface area is 183 Å². The van der Waals surface area contributed by atoms with Crippen molar-refractivity contribution in [3.05, 3.63) is 58.6 Å². The smallest absolute Gasteiger partial charge is 0.375 e. The van der Waals surface area contributed by atoms with Gasteiger partial charge in [0, 0.05) is 5.02 Å². The molecule has 0 atom stereocenters. The Morgan fingerprint density at radius 1 is 0.812 bits per heavy atom. The van der Waals surface area contributed by atoms with Crippen LogP contribution in [0.2, 0.25) is 5.02 Å². The van der Waals surface area contributed by atoms with Gasteiger partial charge in [-0.2, -0.15) is 8.78 Å². The summed E-state index contributed by atoms with van der Waals surface area (Å²) in [6, 6.07) is 8.17. The van der Waals surface area contributed by atoms with Gasteiger partial charge < -0.3 is 20.4 Å². The molecule has 2 rings (SSSR count). The predicted molar refractivity (Wildman–Crippen MR) is 102 cm³/mol. The molecule has 0 heterocycles. The Kier molecular flexibility index (Phi) is 8.39. The fourth-order valence-electron chi connectivity index (χ4n) is 2.07. The zero-order valence-corrected chi connectivity index (χ0v) is 17.1. The molecular weight excluding hydrogens is 482 g/mol. The maximum Gasteiger partial charge on any atom is 0.375 e. The van der Waals surface area contributed by atoms with Gasteiger partial charge in [0.25, 0.3) is 0 Å². The van der Waals surface area contributed by atoms with Crippen molar-refractivity contribution in [2.24, 2.45) is 0 Å². The lowest BCUT2D eigenvalue weighted by molar-refractivity contribution is -0.171. The predicted octanol–water partition coefficient (Wildman–Crippen LogP) is 2.75. The summed E-state index contributed by atoms with van der Waals surface area (Å²) < 4.78 is 48.5. The van der Waals surface area contributed by atoms with Crippen LogP contribution in [0.1, 0.15) is 27.1 Å². The second-order valence-electron chi connectivity index (χ2n) is 5.86. The van der Waals surface area contributed by atoms with Gasteiger partial charge in [-0.1, -0.05) is 11.6 Å². The van der Waals surface area contributed by atoms with E-state index in [2.05, 4.69) is 0 Å². The third-order valence-electron chi connectivity index (χ3n) is 3.57. The lowest BCUT2D eigenvalue weighted by atomic mass is 10.1. The molecule has 0 aliphatic heterocycles. The summed E-state index contributed by atoms with van der Waals surface area (Å²) in [5, 5.41) is 33.7. The Balaban J connectivity index is 0.000000433. The van der Waals surface area contributed by atoms with E-state index in [0.29, 0.717) is 5.02 Å². The minimum absolute atomic E-state index is 0.0729. The number of rotatable bonds is 7. The molecule has 2 aromatic carbocycles. The number of carbonyl (C=O) groups is 4. The lowest BCUT2D eigenvalue weighted by Gasteiger charge is -2.07. The number of carboxylic acids is 4. The molecule has 0 saturated heterocycles. The van der Waals surface area contributed by atoms with Gasteiger partial charge in [-0.15, -0.1) is 0 Å². The summed E-state index contributed by atoms with van der Waals surface area (Å²) in [6.45, 7) is 0. The van der Waals surface area contributed by atoms with Crippen molar-refractivity contribution in [3.8, 4) is 0 Å². The van der Waals surface area contributed by atoms with E-state index in [4.69, 9.17) is 32.0 Å². The average molecular weight is 495 g/mol. The van der Waals surface area contributed by atoms with Gasteiger partial charge in [-0.25, -0.2) is 22.8 Å². The van der Waals surface area contributed by atoms with Gasteiger partial charge in [-0.3, -0.25) is 4.79 Å². The van der Waals surface area contributed by atoms with Gasteiger partial charge in [0.2, 0.25) is 9.84 Å². The van der Waals surface area contributed by atoms with Gasteiger partial charge in [0.05, 0.1) is 20.9 Å². The standard InChI is InChI=1S/C14H9ClO6S.C4H4F2O4/c15-8-1-3-9(4-2-8)22(20,21)10-5-6-11(13(16)17)12(7-10)14(18)19;5-4(6,3(9)10)1-2(7)8/h1-7H,(H,16,17)(H,18,19);1H2,(H,7,8)(H,9,10). The number of hydrogen-bond donors (Lipinski definition) is 4. The molecule has 0 radical (unpaired) electrons. The zero-order chi connectivity index (χ0) is 24.9. The second-order valence-corrected chi connectivity index (χ2v) is 8.24. The minimum Gasteiger partial charge on any atom is -0.481 e. The summed E-state index contributed by atoms with van der Waals surface area (Å²) in [4.78, 5) is 40.8. The molecule has 0 aliphatic carbocycles. The molecule has 10 nitrogen and oxygen atoms in total. The van der Waals surface area contributed by atoms with Gasteiger partial charge in [0.1, 0.15) is 6.42 Å². The molecule has 172 valence electrons. The number of benzene rings is 2. The number of alkyl halides is 2. The van der Waals surface area contributed by atoms with Crippen molar-refractivity contribution in [3.63, 3.8) is 0 Å². The molecule has 2 aromatic rings. The van der Waals surface area contributed by atoms with E-state index in [9.17, 15) is 36.4 Å². The quantitative estimate of drug-likeness (QED) is 0.446. The summed E-state index contributed by atoms with van der Waals surface area (Å²) >= 11 is 5.69. The third kappa shape index (κ3) is 6.72. The van der Waals surface area contributed by atoms with Crippen molar-refractivity contribution < 1.29 is 56.8 Å². The van der Waals surface area contributed by atoms with Crippen molar-refractivity contribution in [2.45, 2.75) is 22.1 Å².